The van der Waals surface area contributed by atoms with Crippen molar-refractivity contribution in [2.24, 2.45) is 5.16 Å². The average molecular weight is 195 g/mol. The molecule has 0 saturated carbocycles. The van der Waals surface area contributed by atoms with Gasteiger partial charge in [0.15, 0.2) is 0 Å². The Bertz CT molecular complexity index is 291. The molecule has 1 N–H and O–H groups in total. The number of hydrogen-bond donors (Lipinski definition) is 1. The quantitative estimate of drug-likeness (QED) is 0.363. The fourth-order valence-electron chi connectivity index (χ4n) is 0.448. The van der Waals surface area contributed by atoms with Gasteiger partial charge in [0.2, 0.25) is 9.84 Å². The highest BCUT2D eigenvalue weighted by Gasteiger charge is 2.25. The summed E-state index contributed by atoms with van der Waals surface area (Å²) < 4.78 is 21.9. The smallest absolute Gasteiger partial charge is 0.369 e. The second-order valence-electron chi connectivity index (χ2n) is 1.79. The van der Waals surface area contributed by atoms with Crippen molar-refractivity contribution in [3.8, 4) is 0 Å². The summed E-state index contributed by atoms with van der Waals surface area (Å²) in [6, 6.07) is 0. The molecule has 0 spiro atoms. The molecule has 0 aliphatic heterocycles. The molecule has 12 heavy (non-hydrogen) atoms. The summed E-state index contributed by atoms with van der Waals surface area (Å²) in [5.41, 5.74) is 0. The van der Waals surface area contributed by atoms with Crippen molar-refractivity contribution in [2.45, 2.75) is 6.92 Å². The van der Waals surface area contributed by atoms with Gasteiger partial charge in [-0.25, -0.2) is 13.2 Å². The molecule has 0 aromatic carbocycles. The molecule has 6 nitrogen and oxygen atoms in total. The predicted octanol–water partition coefficient (Wildman–Crippen LogP) is -0.534. The lowest BCUT2D eigenvalue weighted by Crippen LogP contribution is -2.25. The number of nitrogens with zero attached hydrogens (tertiary/aromatic N) is 1. The lowest BCUT2D eigenvalue weighted by molar-refractivity contribution is -0.129. The van der Waals surface area contributed by atoms with Gasteiger partial charge in [-0.3, -0.25) is 0 Å². The molecule has 0 saturated heterocycles. The number of carboxylic acids is 1. The molecular weight excluding hydrogens is 186 g/mol. The number of rotatable bonds is 2. The zero-order chi connectivity index (χ0) is 9.78. The maximum absolute atomic E-state index is 10.9. The summed E-state index contributed by atoms with van der Waals surface area (Å²) in [7, 11) is -2.72. The van der Waals surface area contributed by atoms with Crippen molar-refractivity contribution in [3.05, 3.63) is 0 Å². The molecule has 0 aromatic rings. The Kier molecular flexibility index (Phi) is 3.68. The SMILES string of the molecule is CCS(=O)(=O)C(=NOC)C(=O)O. The van der Waals surface area contributed by atoms with Crippen molar-refractivity contribution in [1.29, 1.82) is 0 Å². The van der Waals surface area contributed by atoms with Crippen LogP contribution < -0.4 is 0 Å². The number of carbonyl (C=O) groups is 1. The highest BCUT2D eigenvalue weighted by molar-refractivity contribution is 8.08. The molecule has 0 radical (unpaired) electrons. The van der Waals surface area contributed by atoms with Crippen LogP contribution in [0.4, 0.5) is 0 Å². The monoisotopic (exact) mass is 195 g/mol. The Balaban J connectivity index is 5.04. The van der Waals surface area contributed by atoms with E-state index in [0.29, 0.717) is 0 Å². The van der Waals surface area contributed by atoms with E-state index in [1.165, 1.54) is 6.92 Å². The normalized spacial score (nSPS) is 12.7. The third-order valence-electron chi connectivity index (χ3n) is 1.03. The zero-order valence-electron chi connectivity index (χ0n) is 6.64. The van der Waals surface area contributed by atoms with E-state index in [0.717, 1.165) is 7.11 Å². The maximum atomic E-state index is 10.9. The minimum atomic E-state index is -3.80. The molecule has 0 aromatic heterocycles. The van der Waals surface area contributed by atoms with E-state index in [1.54, 1.807) is 0 Å². The zero-order valence-corrected chi connectivity index (χ0v) is 7.46. The Morgan fingerprint density at radius 2 is 2.08 bits per heavy atom. The topological polar surface area (TPSA) is 93.0 Å². The first kappa shape index (κ1) is 10.9. The van der Waals surface area contributed by atoms with Crippen LogP contribution in [0.2, 0.25) is 0 Å². The van der Waals surface area contributed by atoms with Gasteiger partial charge >= 0.3 is 5.97 Å². The Labute approximate surface area is 69.7 Å². The predicted molar refractivity (Wildman–Crippen MR) is 41.5 cm³/mol. The second-order valence-corrected chi connectivity index (χ2v) is 3.98. The van der Waals surface area contributed by atoms with E-state index in [9.17, 15) is 13.2 Å². The maximum Gasteiger partial charge on any atom is 0.369 e. The van der Waals surface area contributed by atoms with Gasteiger partial charge in [-0.2, -0.15) is 0 Å². The van der Waals surface area contributed by atoms with Gasteiger partial charge in [-0.1, -0.05) is 12.1 Å². The molecule has 0 bridgehead atoms. The minimum Gasteiger partial charge on any atom is -0.476 e. The molecule has 0 aliphatic carbocycles. The first-order valence-electron chi connectivity index (χ1n) is 3.03. The van der Waals surface area contributed by atoms with Gasteiger partial charge in [0.1, 0.15) is 7.11 Å². The van der Waals surface area contributed by atoms with Gasteiger partial charge in [-0.15, -0.1) is 0 Å². The molecular formula is C5H9NO5S. The van der Waals surface area contributed by atoms with Crippen LogP contribution in [0.25, 0.3) is 0 Å². The van der Waals surface area contributed by atoms with E-state index in [-0.39, 0.29) is 5.75 Å². The Hall–Kier alpha value is -1.11. The molecule has 7 heteroatoms. The minimum absolute atomic E-state index is 0.318. The lowest BCUT2D eigenvalue weighted by atomic mass is 10.8. The van der Waals surface area contributed by atoms with E-state index in [1.807, 2.05) is 0 Å². The fourth-order valence-corrected chi connectivity index (χ4v) is 1.18. The number of oxime groups is 1. The molecule has 0 heterocycles. The highest BCUT2D eigenvalue weighted by atomic mass is 32.2. The average Bonchev–Trinajstić information content (AvgIpc) is 1.99. The third kappa shape index (κ3) is 2.50. The molecule has 0 amide bonds. The summed E-state index contributed by atoms with van der Waals surface area (Å²) >= 11 is 0. The van der Waals surface area contributed by atoms with Crippen LogP contribution in [0.15, 0.2) is 5.16 Å². The number of carboxylic acid groups (broad SMARTS) is 1. The first-order chi connectivity index (χ1) is 5.45. The van der Waals surface area contributed by atoms with E-state index in [2.05, 4.69) is 9.99 Å². The van der Waals surface area contributed by atoms with Crippen LogP contribution in [0.1, 0.15) is 6.92 Å². The summed E-state index contributed by atoms with van der Waals surface area (Å²) in [6.45, 7) is 1.32. The number of sulfone groups is 1. The van der Waals surface area contributed by atoms with Gasteiger partial charge in [0.05, 0.1) is 5.75 Å². The van der Waals surface area contributed by atoms with E-state index < -0.39 is 20.9 Å². The van der Waals surface area contributed by atoms with Crippen molar-refractivity contribution < 1.29 is 23.2 Å². The Morgan fingerprint density at radius 1 is 1.58 bits per heavy atom. The molecule has 0 unspecified atom stereocenters. The first-order valence-corrected chi connectivity index (χ1v) is 4.68. The van der Waals surface area contributed by atoms with Crippen LogP contribution in [0.5, 0.6) is 0 Å². The summed E-state index contributed by atoms with van der Waals surface area (Å²) in [4.78, 5) is 14.4. The largest absolute Gasteiger partial charge is 0.476 e. The fraction of sp³-hybridized carbons (Fsp3) is 0.600. The second kappa shape index (κ2) is 4.05. The summed E-state index contributed by atoms with van der Waals surface area (Å²) in [5.74, 6) is -1.93. The van der Waals surface area contributed by atoms with Crippen LogP contribution in [-0.4, -0.2) is 37.4 Å². The van der Waals surface area contributed by atoms with Crippen LogP contribution in [-0.2, 0) is 19.5 Å². The van der Waals surface area contributed by atoms with Crippen molar-refractivity contribution in [1.82, 2.24) is 0 Å². The molecule has 0 atom stereocenters. The van der Waals surface area contributed by atoms with Gasteiger partial charge in [-0.05, 0) is 0 Å². The van der Waals surface area contributed by atoms with Gasteiger partial charge < -0.3 is 9.94 Å². The lowest BCUT2D eigenvalue weighted by Gasteiger charge is -1.98. The van der Waals surface area contributed by atoms with Crippen LogP contribution in [0, 0.1) is 0 Å². The number of aliphatic carboxylic acids is 1. The van der Waals surface area contributed by atoms with Crippen LogP contribution >= 0.6 is 0 Å². The molecule has 0 rings (SSSR count). The van der Waals surface area contributed by atoms with Crippen molar-refractivity contribution in [2.75, 3.05) is 12.9 Å². The highest BCUT2D eigenvalue weighted by Crippen LogP contribution is 1.95. The Morgan fingerprint density at radius 3 is 2.33 bits per heavy atom. The van der Waals surface area contributed by atoms with Crippen molar-refractivity contribution >= 4 is 20.9 Å². The van der Waals surface area contributed by atoms with Crippen molar-refractivity contribution in [3.63, 3.8) is 0 Å². The van der Waals surface area contributed by atoms with Gasteiger partial charge in [0.25, 0.3) is 5.04 Å². The summed E-state index contributed by atoms with van der Waals surface area (Å²) in [5, 5.41) is 10.3. The van der Waals surface area contributed by atoms with Crippen LogP contribution in [0.3, 0.4) is 0 Å². The van der Waals surface area contributed by atoms with E-state index >= 15 is 0 Å². The standard InChI is InChI=1S/C5H9NO5S/c1-3-12(9,10)4(5(7)8)6-11-2/h3H2,1-2H3,(H,7,8). The van der Waals surface area contributed by atoms with Gasteiger partial charge in [0, 0.05) is 0 Å². The summed E-state index contributed by atoms with van der Waals surface area (Å²) in [6.07, 6.45) is 0. The van der Waals surface area contributed by atoms with E-state index in [4.69, 9.17) is 5.11 Å². The molecule has 0 aliphatic rings. The molecule has 70 valence electrons. The molecule has 0 fully saturated rings. The number of hydrogen-bond acceptors (Lipinski definition) is 5. The third-order valence-corrected chi connectivity index (χ3v) is 2.63.